The lowest BCUT2D eigenvalue weighted by Crippen LogP contribution is -2.69. The van der Waals surface area contributed by atoms with Crippen LogP contribution in [0.4, 0.5) is 0 Å². The molecule has 0 bridgehead atoms. The van der Waals surface area contributed by atoms with Gasteiger partial charge in [-0.3, -0.25) is 0 Å². The van der Waals surface area contributed by atoms with Crippen LogP contribution in [0.3, 0.4) is 0 Å². The molecule has 0 spiro atoms. The Labute approximate surface area is 284 Å². The summed E-state index contributed by atoms with van der Waals surface area (Å²) in [5, 5.41) is 13.9. The fourth-order valence-corrected chi connectivity index (χ4v) is 26.6. The predicted octanol–water partition coefficient (Wildman–Crippen LogP) is 6.16. The molecule has 0 fully saturated rings. The first-order chi connectivity index (χ1) is 19.5. The molecule has 0 aliphatic carbocycles. The van der Waals surface area contributed by atoms with Crippen molar-refractivity contribution in [2.75, 3.05) is 0 Å². The Kier molecular flexibility index (Phi) is 10.5. The molecule has 0 atom stereocenters. The van der Waals surface area contributed by atoms with Crippen molar-refractivity contribution in [2.24, 2.45) is 0 Å². The summed E-state index contributed by atoms with van der Waals surface area (Å²) < 4.78 is 0. The van der Waals surface area contributed by atoms with Crippen LogP contribution in [0.25, 0.3) is 0 Å². The molecule has 0 aliphatic heterocycles. The van der Waals surface area contributed by atoms with Crippen LogP contribution in [0, 0.1) is 0 Å². The summed E-state index contributed by atoms with van der Waals surface area (Å²) in [4.78, 5) is 0. The van der Waals surface area contributed by atoms with Crippen molar-refractivity contribution < 1.29 is 0 Å². The van der Waals surface area contributed by atoms with Gasteiger partial charge in [0, 0.05) is 0 Å². The molecule has 0 nitrogen and oxygen atoms in total. The normalized spacial score (nSPS) is 14.2. The second-order valence-corrected chi connectivity index (χ2v) is 54.4. The smallest absolute Gasteiger partial charge is 0.149 e. The average molecular weight is 728 g/mol. The summed E-state index contributed by atoms with van der Waals surface area (Å²) in [6.07, 6.45) is 0. The fraction of sp³-hybridized carbons (Fsp3) is 0.500. The Bertz CT molecular complexity index is 1330. The van der Waals surface area contributed by atoms with Gasteiger partial charge in [0.25, 0.3) is 0 Å². The molecular weight excluding hydrogens is 664 g/mol. The van der Waals surface area contributed by atoms with E-state index in [4.69, 9.17) is 11.1 Å². The first kappa shape index (κ1) is 37.9. The molecule has 0 saturated carbocycles. The zero-order valence-electron chi connectivity index (χ0n) is 31.6. The summed E-state index contributed by atoms with van der Waals surface area (Å²) in [5.41, 5.74) is 0. The van der Waals surface area contributed by atoms with Gasteiger partial charge in [0.2, 0.25) is 7.38 Å². The van der Waals surface area contributed by atoms with E-state index in [-0.39, 0.29) is 0 Å². The van der Waals surface area contributed by atoms with Crippen molar-refractivity contribution in [3.8, 4) is 0 Å². The maximum Gasteiger partial charge on any atom is 0.247 e. The molecule has 0 heterocycles. The largest absolute Gasteiger partial charge is 0.247 e. The van der Waals surface area contributed by atoms with Gasteiger partial charge >= 0.3 is 0 Å². The molecule has 0 N–H and O–H groups in total. The second-order valence-electron chi connectivity index (χ2n) is 19.4. The lowest BCUT2D eigenvalue weighted by Gasteiger charge is -2.36. The van der Waals surface area contributed by atoms with E-state index in [0.29, 0.717) is 0 Å². The van der Waals surface area contributed by atoms with E-state index >= 15 is 0 Å². The number of halogens is 1. The highest BCUT2D eigenvalue weighted by atomic mass is 35.6. The maximum absolute atomic E-state index is 8.50. The quantitative estimate of drug-likeness (QED) is 0.141. The monoisotopic (exact) mass is 726 g/mol. The summed E-state index contributed by atoms with van der Waals surface area (Å²) in [7, 11) is -12.3. The van der Waals surface area contributed by atoms with Crippen LogP contribution in [0.15, 0.2) is 54.6 Å². The highest BCUT2D eigenvalue weighted by molar-refractivity contribution is 7.40. The molecule has 3 aromatic rings. The maximum atomic E-state index is 8.50. The summed E-state index contributed by atoms with van der Waals surface area (Å²) in [5.74, 6) is 0. The zero-order chi connectivity index (χ0) is 34.1. The first-order valence-electron chi connectivity index (χ1n) is 16.7. The van der Waals surface area contributed by atoms with Crippen molar-refractivity contribution in [3.63, 3.8) is 0 Å². The molecule has 8 heteroatoms. The molecule has 0 aromatic heterocycles. The van der Waals surface area contributed by atoms with Crippen LogP contribution >= 0.6 is 11.1 Å². The fourth-order valence-electron chi connectivity index (χ4n) is 6.60. The highest BCUT2D eigenvalue weighted by Crippen LogP contribution is 2.17. The van der Waals surface area contributed by atoms with Crippen LogP contribution < -0.4 is 46.7 Å². The average Bonchev–Trinajstić information content (AvgIpc) is 2.84. The van der Waals surface area contributed by atoms with E-state index in [0.717, 1.165) is 0 Å². The van der Waals surface area contributed by atoms with Gasteiger partial charge in [0.15, 0.2) is 0 Å². The zero-order valence-corrected chi connectivity index (χ0v) is 39.3. The van der Waals surface area contributed by atoms with E-state index in [1.807, 2.05) is 0 Å². The van der Waals surface area contributed by atoms with Crippen molar-refractivity contribution >= 4 is 114 Å². The van der Waals surface area contributed by atoms with Gasteiger partial charge in [-0.05, 0) is 15.6 Å². The van der Waals surface area contributed by atoms with Gasteiger partial charge in [0.1, 0.15) is 0 Å². The molecule has 0 unspecified atom stereocenters. The summed E-state index contributed by atoms with van der Waals surface area (Å²) in [6, 6.07) is 22.7. The van der Waals surface area contributed by atoms with Crippen LogP contribution in [0.2, 0.25) is 118 Å². The van der Waals surface area contributed by atoms with Gasteiger partial charge in [-0.1, -0.05) is 204 Å². The Hall–Kier alpha value is -0.532. The predicted molar refractivity (Wildman–Crippen MR) is 228 cm³/mol. The Morgan fingerprint density at radius 3 is 0.636 bits per heavy atom. The minimum atomic E-state index is -2.87. The van der Waals surface area contributed by atoms with Gasteiger partial charge in [0.05, 0.1) is 48.4 Å². The number of benzene rings is 3. The molecule has 3 rings (SSSR count). The van der Waals surface area contributed by atoms with Crippen LogP contribution in [-0.2, 0) is 0 Å². The Morgan fingerprint density at radius 1 is 0.295 bits per heavy atom. The highest BCUT2D eigenvalue weighted by Gasteiger charge is 2.42. The second kappa shape index (κ2) is 12.2. The van der Waals surface area contributed by atoms with Gasteiger partial charge in [-0.15, -0.1) is 11.1 Å². The summed E-state index contributed by atoms with van der Waals surface area (Å²) >= 11 is 8.50. The third-order valence-corrected chi connectivity index (χ3v) is 27.4. The van der Waals surface area contributed by atoms with Crippen LogP contribution in [0.5, 0.6) is 0 Å². The molecule has 3 aromatic carbocycles. The van der Waals surface area contributed by atoms with Crippen LogP contribution in [-0.4, -0.2) is 55.8 Å². The van der Waals surface area contributed by atoms with Crippen molar-refractivity contribution in [1.82, 2.24) is 0 Å². The van der Waals surface area contributed by atoms with Gasteiger partial charge in [-0.2, -0.15) is 0 Å². The lowest BCUT2D eigenvalue weighted by atomic mass is 10.3. The third-order valence-electron chi connectivity index (χ3n) is 9.10. The van der Waals surface area contributed by atoms with E-state index < -0.39 is 55.8 Å². The van der Waals surface area contributed by atoms with E-state index in [9.17, 15) is 0 Å². The van der Waals surface area contributed by atoms with E-state index in [2.05, 4.69) is 172 Å². The Balaban J connectivity index is 2.57. The van der Waals surface area contributed by atoms with Crippen LogP contribution in [0.1, 0.15) is 0 Å². The third kappa shape index (κ3) is 7.94. The number of hydrogen-bond donors (Lipinski definition) is 0. The number of hydrogen-bond acceptors (Lipinski definition) is 0. The molecule has 44 heavy (non-hydrogen) atoms. The minimum Gasteiger partial charge on any atom is -0.149 e. The Morgan fingerprint density at radius 2 is 0.477 bits per heavy atom. The molecular formula is C36H63ClSi7. The number of rotatable bonds is 9. The molecule has 0 aliphatic rings. The van der Waals surface area contributed by atoms with Gasteiger partial charge in [-0.25, -0.2) is 0 Å². The van der Waals surface area contributed by atoms with Crippen molar-refractivity contribution in [2.45, 2.75) is 118 Å². The van der Waals surface area contributed by atoms with E-state index in [1.165, 1.54) is 15.6 Å². The standard InChI is InChI=1S/C36H63ClSi7/c1-38(2,3)31-22-19-28(25-34(31)41(10,11)12)44(37,29-20-23-32(39(4,5)6)35(26-29)42(13,14)15)30-21-24-33(40(7,8)9)36(27-30)43(16,17)18/h19-27H,1-18H3. The van der Waals surface area contributed by atoms with E-state index in [1.54, 1.807) is 31.1 Å². The lowest BCUT2D eigenvalue weighted by molar-refractivity contribution is 1.66. The van der Waals surface area contributed by atoms with Crippen molar-refractivity contribution in [1.29, 1.82) is 0 Å². The summed E-state index contributed by atoms with van der Waals surface area (Å²) in [6.45, 7) is 45.2. The SMILES string of the molecule is C[Si](C)(C)c1ccc([Si](Cl)(c2ccc([Si](C)(C)C)c([Si](C)(C)C)c2)c2ccc([Si](C)(C)C)c([Si](C)(C)C)c2)cc1[Si](C)(C)C. The van der Waals surface area contributed by atoms with Crippen molar-refractivity contribution in [3.05, 3.63) is 54.6 Å². The first-order valence-corrected chi connectivity index (χ1v) is 40.7. The molecule has 0 amide bonds. The minimum absolute atomic E-state index is 1.38. The van der Waals surface area contributed by atoms with Gasteiger partial charge < -0.3 is 0 Å². The molecule has 0 radical (unpaired) electrons. The molecule has 0 saturated heterocycles. The molecule has 242 valence electrons. The topological polar surface area (TPSA) is 0 Å².